The van der Waals surface area contributed by atoms with Crippen LogP contribution in [0, 0.1) is 5.92 Å². The van der Waals surface area contributed by atoms with E-state index < -0.39 is 18.5 Å². The second-order valence-electron chi connectivity index (χ2n) is 6.91. The second kappa shape index (κ2) is 9.42. The molecule has 9 heteroatoms. The molecule has 1 aliphatic carbocycles. The molecular formula is C21H23F2NO5S. The lowest BCUT2D eigenvalue weighted by Crippen LogP contribution is -2.16. The molecule has 1 N–H and O–H groups in total. The highest BCUT2D eigenvalue weighted by molar-refractivity contribution is 7.17. The Morgan fingerprint density at radius 3 is 2.67 bits per heavy atom. The van der Waals surface area contributed by atoms with Gasteiger partial charge in [-0.15, -0.1) is 11.3 Å². The third-order valence-electron chi connectivity index (χ3n) is 5.20. The van der Waals surface area contributed by atoms with Crippen molar-refractivity contribution < 1.29 is 32.6 Å². The van der Waals surface area contributed by atoms with Crippen LogP contribution in [0.25, 0.3) is 0 Å². The number of hydrogen-bond acceptors (Lipinski definition) is 6. The normalized spacial score (nSPS) is 15.5. The highest BCUT2D eigenvalue weighted by atomic mass is 32.1. The van der Waals surface area contributed by atoms with Gasteiger partial charge in [-0.25, -0.2) is 4.79 Å². The predicted octanol–water partition coefficient (Wildman–Crippen LogP) is 4.91. The van der Waals surface area contributed by atoms with Gasteiger partial charge in [0.15, 0.2) is 11.5 Å². The van der Waals surface area contributed by atoms with Crippen LogP contribution in [0.15, 0.2) is 18.2 Å². The van der Waals surface area contributed by atoms with Crippen LogP contribution in [0.4, 0.5) is 13.8 Å². The SMILES string of the molecule is CCC1CCc2c(sc(NC(=O)c3ccc(OC(F)F)c(OC)c3)c2C(=O)OC)C1. The average Bonchev–Trinajstić information content (AvgIpc) is 3.09. The molecule has 1 aromatic carbocycles. The summed E-state index contributed by atoms with van der Waals surface area (Å²) in [5.74, 6) is -0.593. The molecule has 30 heavy (non-hydrogen) atoms. The highest BCUT2D eigenvalue weighted by Gasteiger charge is 2.30. The number of carbonyl (C=O) groups excluding carboxylic acids is 2. The number of amides is 1. The summed E-state index contributed by atoms with van der Waals surface area (Å²) >= 11 is 1.38. The Morgan fingerprint density at radius 1 is 1.27 bits per heavy atom. The van der Waals surface area contributed by atoms with E-state index in [9.17, 15) is 18.4 Å². The molecular weight excluding hydrogens is 416 g/mol. The van der Waals surface area contributed by atoms with Crippen molar-refractivity contribution in [3.63, 3.8) is 0 Å². The summed E-state index contributed by atoms with van der Waals surface area (Å²) in [6, 6.07) is 3.91. The molecule has 0 radical (unpaired) electrons. The number of halogens is 2. The number of anilines is 1. The van der Waals surface area contributed by atoms with E-state index in [0.717, 1.165) is 36.1 Å². The number of esters is 1. The fourth-order valence-electron chi connectivity index (χ4n) is 3.59. The van der Waals surface area contributed by atoms with E-state index in [1.54, 1.807) is 0 Å². The summed E-state index contributed by atoms with van der Waals surface area (Å²) in [5, 5.41) is 3.21. The van der Waals surface area contributed by atoms with E-state index in [4.69, 9.17) is 9.47 Å². The lowest BCUT2D eigenvalue weighted by atomic mass is 9.85. The quantitative estimate of drug-likeness (QED) is 0.621. The number of fused-ring (bicyclic) bond motifs is 1. The zero-order valence-corrected chi connectivity index (χ0v) is 17.7. The van der Waals surface area contributed by atoms with Crippen LogP contribution in [0.2, 0.25) is 0 Å². The van der Waals surface area contributed by atoms with Gasteiger partial charge in [0.2, 0.25) is 0 Å². The van der Waals surface area contributed by atoms with Gasteiger partial charge in [-0.2, -0.15) is 8.78 Å². The number of methoxy groups -OCH3 is 2. The molecule has 6 nitrogen and oxygen atoms in total. The molecule has 1 amide bonds. The smallest absolute Gasteiger partial charge is 0.387 e. The van der Waals surface area contributed by atoms with Gasteiger partial charge in [-0.3, -0.25) is 4.79 Å². The van der Waals surface area contributed by atoms with Gasteiger partial charge < -0.3 is 19.5 Å². The maximum absolute atomic E-state index is 12.8. The van der Waals surface area contributed by atoms with Crippen molar-refractivity contribution in [3.05, 3.63) is 39.8 Å². The van der Waals surface area contributed by atoms with Crippen molar-refractivity contribution in [3.8, 4) is 11.5 Å². The van der Waals surface area contributed by atoms with Crippen LogP contribution in [0.3, 0.4) is 0 Å². The van der Waals surface area contributed by atoms with Crippen molar-refractivity contribution >= 4 is 28.2 Å². The summed E-state index contributed by atoms with van der Waals surface area (Å²) in [5.41, 5.74) is 1.51. The predicted molar refractivity (Wildman–Crippen MR) is 109 cm³/mol. The van der Waals surface area contributed by atoms with E-state index in [-0.39, 0.29) is 17.1 Å². The van der Waals surface area contributed by atoms with E-state index in [1.807, 2.05) is 0 Å². The molecule has 1 aliphatic rings. The van der Waals surface area contributed by atoms with Crippen molar-refractivity contribution in [2.75, 3.05) is 19.5 Å². The number of thiophene rings is 1. The summed E-state index contributed by atoms with van der Waals surface area (Å²) < 4.78 is 39.4. The van der Waals surface area contributed by atoms with Crippen LogP contribution in [0.5, 0.6) is 11.5 Å². The second-order valence-corrected chi connectivity index (χ2v) is 8.02. The molecule has 0 aliphatic heterocycles. The first-order chi connectivity index (χ1) is 14.4. The summed E-state index contributed by atoms with van der Waals surface area (Å²) in [4.78, 5) is 26.3. The highest BCUT2D eigenvalue weighted by Crippen LogP contribution is 2.41. The third kappa shape index (κ3) is 4.56. The Hall–Kier alpha value is -2.68. The minimum absolute atomic E-state index is 0.00685. The van der Waals surface area contributed by atoms with E-state index in [0.29, 0.717) is 16.5 Å². The van der Waals surface area contributed by atoms with Gasteiger partial charge >= 0.3 is 12.6 Å². The maximum atomic E-state index is 12.8. The Labute approximate surface area is 177 Å². The summed E-state index contributed by atoms with van der Waals surface area (Å²) in [7, 11) is 2.60. The number of ether oxygens (including phenoxy) is 3. The van der Waals surface area contributed by atoms with Crippen LogP contribution in [0.1, 0.15) is 50.9 Å². The lowest BCUT2D eigenvalue weighted by molar-refractivity contribution is -0.0512. The number of rotatable bonds is 7. The Balaban J connectivity index is 1.89. The maximum Gasteiger partial charge on any atom is 0.387 e. The van der Waals surface area contributed by atoms with Crippen molar-refractivity contribution in [2.24, 2.45) is 5.92 Å². The number of hydrogen-bond donors (Lipinski definition) is 1. The minimum atomic E-state index is -3.01. The van der Waals surface area contributed by atoms with E-state index in [2.05, 4.69) is 17.0 Å². The first kappa shape index (κ1) is 22.0. The van der Waals surface area contributed by atoms with Crippen molar-refractivity contribution in [1.29, 1.82) is 0 Å². The number of benzene rings is 1. The van der Waals surface area contributed by atoms with Crippen LogP contribution >= 0.6 is 11.3 Å². The number of nitrogens with one attached hydrogen (secondary N) is 1. The van der Waals surface area contributed by atoms with E-state index in [1.165, 1.54) is 43.8 Å². The van der Waals surface area contributed by atoms with Gasteiger partial charge in [-0.05, 0) is 48.9 Å². The Morgan fingerprint density at radius 2 is 2.03 bits per heavy atom. The van der Waals surface area contributed by atoms with Gasteiger partial charge in [0, 0.05) is 10.4 Å². The standard InChI is InChI=1S/C21H23F2NO5S/c1-4-11-5-7-13-16(9-11)30-19(17(13)20(26)28-3)24-18(25)12-6-8-14(29-21(22)23)15(10-12)27-2/h6,8,10-11,21H,4-5,7,9H2,1-3H3,(H,24,25). The van der Waals surface area contributed by atoms with Crippen molar-refractivity contribution in [1.82, 2.24) is 0 Å². The molecule has 0 saturated heterocycles. The van der Waals surface area contributed by atoms with Crippen LogP contribution in [-0.4, -0.2) is 32.7 Å². The fourth-order valence-corrected chi connectivity index (χ4v) is 4.93. The zero-order valence-electron chi connectivity index (χ0n) is 16.9. The molecule has 1 unspecified atom stereocenters. The number of carbonyl (C=O) groups is 2. The first-order valence-corrected chi connectivity index (χ1v) is 10.4. The number of alkyl halides is 2. The first-order valence-electron chi connectivity index (χ1n) is 9.54. The van der Waals surface area contributed by atoms with Gasteiger partial charge in [0.1, 0.15) is 5.00 Å². The largest absolute Gasteiger partial charge is 0.493 e. The molecule has 2 aromatic rings. The van der Waals surface area contributed by atoms with Crippen molar-refractivity contribution in [2.45, 2.75) is 39.2 Å². The summed E-state index contributed by atoms with van der Waals surface area (Å²) in [6.07, 6.45) is 3.67. The fraction of sp³-hybridized carbons (Fsp3) is 0.429. The van der Waals surface area contributed by atoms with Gasteiger partial charge in [0.25, 0.3) is 5.91 Å². The van der Waals surface area contributed by atoms with Crippen LogP contribution < -0.4 is 14.8 Å². The third-order valence-corrected chi connectivity index (χ3v) is 6.37. The van der Waals surface area contributed by atoms with Gasteiger partial charge in [0.05, 0.1) is 19.8 Å². The molecule has 1 aromatic heterocycles. The zero-order chi connectivity index (χ0) is 21.8. The van der Waals surface area contributed by atoms with Crippen LogP contribution in [-0.2, 0) is 17.6 Å². The Kier molecular flexibility index (Phi) is 6.91. The monoisotopic (exact) mass is 439 g/mol. The average molecular weight is 439 g/mol. The molecule has 1 heterocycles. The van der Waals surface area contributed by atoms with Gasteiger partial charge in [-0.1, -0.05) is 13.3 Å². The topological polar surface area (TPSA) is 73.9 Å². The molecule has 0 fully saturated rings. The Bertz CT molecular complexity index is 944. The molecule has 0 spiro atoms. The minimum Gasteiger partial charge on any atom is -0.493 e. The molecule has 162 valence electrons. The summed E-state index contributed by atoms with van der Waals surface area (Å²) in [6.45, 7) is -0.868. The molecule has 0 bridgehead atoms. The lowest BCUT2D eigenvalue weighted by Gasteiger charge is -2.20. The van der Waals surface area contributed by atoms with E-state index >= 15 is 0 Å². The molecule has 0 saturated carbocycles. The molecule has 3 rings (SSSR count). The molecule has 1 atom stereocenters.